The van der Waals surface area contributed by atoms with Crippen molar-refractivity contribution in [3.63, 3.8) is 0 Å². The van der Waals surface area contributed by atoms with Crippen LogP contribution in [0.5, 0.6) is 11.5 Å². The fraction of sp³-hybridized carbons (Fsp3) is 0.561. The van der Waals surface area contributed by atoms with E-state index in [0.717, 1.165) is 59.3 Å². The number of hydrogen-bond acceptors (Lipinski definition) is 7. The Morgan fingerprint density at radius 1 is 0.960 bits per heavy atom. The number of nitrogens with one attached hydrogen (secondary N) is 1. The van der Waals surface area contributed by atoms with Gasteiger partial charge in [0.1, 0.15) is 29.7 Å². The summed E-state index contributed by atoms with van der Waals surface area (Å²) >= 11 is 0. The molecule has 0 spiro atoms. The topological polar surface area (TPSA) is 111 Å². The van der Waals surface area contributed by atoms with Crippen molar-refractivity contribution >= 4 is 0 Å². The molecule has 50 heavy (non-hydrogen) atoms. The van der Waals surface area contributed by atoms with Crippen LogP contribution in [-0.4, -0.2) is 77.0 Å². The fourth-order valence-corrected chi connectivity index (χ4v) is 8.67. The van der Waals surface area contributed by atoms with Crippen molar-refractivity contribution < 1.29 is 51.4 Å². The summed E-state index contributed by atoms with van der Waals surface area (Å²) in [4.78, 5) is 0. The molecule has 3 saturated heterocycles. The molecule has 1 saturated carbocycles. The number of nitrogens with zero attached hydrogens (tertiary/aromatic N) is 1. The van der Waals surface area contributed by atoms with Crippen LogP contribution in [0.1, 0.15) is 91.8 Å². The van der Waals surface area contributed by atoms with Crippen molar-refractivity contribution in [2.45, 2.75) is 89.3 Å². The van der Waals surface area contributed by atoms with E-state index in [-0.39, 0.29) is 47.4 Å². The third-order valence-electron chi connectivity index (χ3n) is 11.9. The zero-order chi connectivity index (χ0) is 34.4. The summed E-state index contributed by atoms with van der Waals surface area (Å²) in [7, 11) is 0. The van der Waals surface area contributed by atoms with Crippen molar-refractivity contribution in [1.82, 2.24) is 5.32 Å². The van der Waals surface area contributed by atoms with Gasteiger partial charge in [-0.15, -0.1) is 0 Å². The standard InChI is InChI=1S/C41H56N2O6.BrH/c1-29-23-32(30(2)42-25-38(46)33-13-15-37(45)34(24-33)27-44)14-16-39(29)48-22-8-19-43-20-17-31(18-21-43)40(26-43)49-28-41(47,36-11-6-7-12-36)35-9-4-3-5-10-35;/h3-5,9-10,13-16,23-24,30-31,36,38,40,42,44,46-47H,6-8,11-12,17-22,25-28H2,1-2H3;1H/t30-,31?,38-,40-,41+,43?;/m0./s1. The summed E-state index contributed by atoms with van der Waals surface area (Å²) in [5, 5.41) is 45.3. The molecule has 9 heteroatoms. The summed E-state index contributed by atoms with van der Waals surface area (Å²) in [6.07, 6.45) is 7.34. The van der Waals surface area contributed by atoms with Crippen molar-refractivity contribution in [2.75, 3.05) is 45.9 Å². The van der Waals surface area contributed by atoms with Crippen LogP contribution in [0.15, 0.2) is 66.7 Å². The molecule has 3 heterocycles. The molecule has 274 valence electrons. The third-order valence-corrected chi connectivity index (χ3v) is 11.9. The zero-order valence-corrected chi connectivity index (χ0v) is 31.4. The number of aliphatic hydroxyl groups excluding tert-OH is 2. The van der Waals surface area contributed by atoms with Crippen LogP contribution >= 0.6 is 0 Å². The van der Waals surface area contributed by atoms with Gasteiger partial charge in [-0.05, 0) is 73.1 Å². The van der Waals surface area contributed by atoms with Gasteiger partial charge in [-0.2, -0.15) is 0 Å². The van der Waals surface area contributed by atoms with Gasteiger partial charge in [0.15, 0.2) is 0 Å². The SMILES string of the molecule is Cc1cc([C@H](C)NC[C@H](O)c2ccc(O)c(CO)c2)ccc1OCCC[N+]12CCC(CC1)[C@@H](OC[C@@](O)(c1ccccc1)C1CCCC1)C2.[Br-]. The van der Waals surface area contributed by atoms with Gasteiger partial charge in [-0.3, -0.25) is 0 Å². The van der Waals surface area contributed by atoms with Gasteiger partial charge in [0.25, 0.3) is 0 Å². The molecular weight excluding hydrogens is 696 g/mol. The zero-order valence-electron chi connectivity index (χ0n) is 29.8. The van der Waals surface area contributed by atoms with Crippen molar-refractivity contribution in [2.24, 2.45) is 11.8 Å². The number of aromatic hydroxyl groups is 1. The highest BCUT2D eigenvalue weighted by Gasteiger charge is 2.48. The number of phenols is 1. The van der Waals surface area contributed by atoms with E-state index in [1.807, 2.05) is 24.3 Å². The number of halogens is 1. The Morgan fingerprint density at radius 3 is 2.38 bits per heavy atom. The first-order valence-electron chi connectivity index (χ1n) is 18.5. The quantitative estimate of drug-likeness (QED) is 0.113. The molecule has 1 aliphatic carbocycles. The number of aryl methyl sites for hydroxylation is 1. The predicted molar refractivity (Wildman–Crippen MR) is 191 cm³/mol. The second-order valence-corrected chi connectivity index (χ2v) is 15.1. The van der Waals surface area contributed by atoms with E-state index < -0.39 is 11.7 Å². The lowest BCUT2D eigenvalue weighted by Gasteiger charge is -2.53. The second-order valence-electron chi connectivity index (χ2n) is 15.1. The maximum atomic E-state index is 12.0. The number of aliphatic hydroxyl groups is 3. The maximum absolute atomic E-state index is 12.0. The Labute approximate surface area is 308 Å². The third kappa shape index (κ3) is 8.92. The number of hydrogen-bond donors (Lipinski definition) is 5. The molecule has 4 fully saturated rings. The van der Waals surface area contributed by atoms with Gasteiger partial charge in [-0.25, -0.2) is 0 Å². The molecule has 3 aliphatic heterocycles. The first-order chi connectivity index (χ1) is 23.7. The molecule has 4 atom stereocenters. The number of rotatable bonds is 16. The summed E-state index contributed by atoms with van der Waals surface area (Å²) in [5.74, 6) is 1.79. The number of ether oxygens (including phenoxy) is 2. The molecular formula is C41H57BrN2O6. The number of fused-ring (bicyclic) bond motifs is 3. The van der Waals surface area contributed by atoms with E-state index in [9.17, 15) is 20.4 Å². The van der Waals surface area contributed by atoms with Crippen LogP contribution in [0.25, 0.3) is 0 Å². The minimum absolute atomic E-state index is 0. The largest absolute Gasteiger partial charge is 1.00 e. The Hall–Kier alpha value is -2.50. The van der Waals surface area contributed by atoms with Gasteiger partial charge in [-0.1, -0.05) is 61.4 Å². The van der Waals surface area contributed by atoms with Crippen LogP contribution in [0, 0.1) is 18.8 Å². The van der Waals surface area contributed by atoms with Crippen molar-refractivity contribution in [1.29, 1.82) is 0 Å². The molecule has 5 N–H and O–H groups in total. The van der Waals surface area contributed by atoms with Crippen LogP contribution in [-0.2, 0) is 16.9 Å². The summed E-state index contributed by atoms with van der Waals surface area (Å²) < 4.78 is 14.1. The molecule has 0 radical (unpaired) electrons. The molecule has 4 aliphatic rings. The minimum atomic E-state index is -0.913. The van der Waals surface area contributed by atoms with Gasteiger partial charge in [0, 0.05) is 43.3 Å². The summed E-state index contributed by atoms with van der Waals surface area (Å²) in [6, 6.07) is 21.3. The number of benzene rings is 3. The fourth-order valence-electron chi connectivity index (χ4n) is 8.67. The molecule has 3 aromatic rings. The number of quaternary nitrogens is 1. The summed E-state index contributed by atoms with van der Waals surface area (Å²) in [5.41, 5.74) is 3.35. The summed E-state index contributed by atoms with van der Waals surface area (Å²) in [6.45, 7) is 9.81. The molecule has 0 amide bonds. The van der Waals surface area contributed by atoms with Crippen LogP contribution < -0.4 is 27.0 Å². The first kappa shape index (κ1) is 38.7. The van der Waals surface area contributed by atoms with E-state index >= 15 is 0 Å². The minimum Gasteiger partial charge on any atom is -1.00 e. The maximum Gasteiger partial charge on any atom is 0.122 e. The van der Waals surface area contributed by atoms with Gasteiger partial charge in [0.05, 0.1) is 45.6 Å². The average Bonchev–Trinajstić information content (AvgIpc) is 3.69. The molecule has 0 unspecified atom stereocenters. The molecule has 0 aromatic heterocycles. The molecule has 3 aromatic carbocycles. The van der Waals surface area contributed by atoms with E-state index in [2.05, 4.69) is 43.4 Å². The molecule has 8 nitrogen and oxygen atoms in total. The lowest BCUT2D eigenvalue weighted by atomic mass is 9.80. The van der Waals surface area contributed by atoms with E-state index in [1.54, 1.807) is 12.1 Å². The lowest BCUT2D eigenvalue weighted by molar-refractivity contribution is -0.946. The highest BCUT2D eigenvalue weighted by Crippen LogP contribution is 2.43. The Balaban J connectivity index is 0.00000486. The highest BCUT2D eigenvalue weighted by molar-refractivity contribution is 5.38. The van der Waals surface area contributed by atoms with Gasteiger partial charge >= 0.3 is 0 Å². The Morgan fingerprint density at radius 2 is 1.68 bits per heavy atom. The van der Waals surface area contributed by atoms with Gasteiger partial charge in [0.2, 0.25) is 0 Å². The van der Waals surface area contributed by atoms with Crippen LogP contribution in [0.3, 0.4) is 0 Å². The average molecular weight is 754 g/mol. The van der Waals surface area contributed by atoms with E-state index in [0.29, 0.717) is 36.8 Å². The van der Waals surface area contributed by atoms with E-state index in [1.165, 1.54) is 44.8 Å². The first-order valence-corrected chi connectivity index (χ1v) is 18.5. The monoisotopic (exact) mass is 752 g/mol. The number of piperidine rings is 3. The second kappa shape index (κ2) is 17.3. The highest BCUT2D eigenvalue weighted by atomic mass is 79.9. The van der Waals surface area contributed by atoms with Crippen LogP contribution in [0.4, 0.5) is 0 Å². The van der Waals surface area contributed by atoms with Gasteiger partial charge < -0.3 is 56.7 Å². The van der Waals surface area contributed by atoms with Crippen LogP contribution in [0.2, 0.25) is 0 Å². The molecule has 2 bridgehead atoms. The lowest BCUT2D eigenvalue weighted by Crippen LogP contribution is -3.00. The predicted octanol–water partition coefficient (Wildman–Crippen LogP) is 3.05. The Bertz CT molecular complexity index is 1510. The Kier molecular flexibility index (Phi) is 13.4. The normalized spacial score (nSPS) is 24.3. The van der Waals surface area contributed by atoms with Crippen molar-refractivity contribution in [3.8, 4) is 11.5 Å². The smallest absolute Gasteiger partial charge is 0.122 e. The van der Waals surface area contributed by atoms with Crippen molar-refractivity contribution in [3.05, 3.63) is 94.5 Å². The van der Waals surface area contributed by atoms with E-state index in [4.69, 9.17) is 9.47 Å². The molecule has 7 rings (SSSR count).